The Kier molecular flexibility index (Phi) is 2.87. The highest BCUT2D eigenvalue weighted by atomic mass is 79.9. The van der Waals surface area contributed by atoms with Gasteiger partial charge < -0.3 is 4.40 Å². The monoisotopic (exact) mass is 305 g/mol. The molecule has 6 heteroatoms. The Labute approximate surface area is 113 Å². The number of fused-ring (bicyclic) bond motifs is 1. The zero-order valence-electron chi connectivity index (χ0n) is 9.91. The van der Waals surface area contributed by atoms with Crippen LogP contribution >= 0.6 is 15.9 Å². The quantitative estimate of drug-likeness (QED) is 0.747. The Hall–Kier alpha value is -1.69. The van der Waals surface area contributed by atoms with E-state index in [9.17, 15) is 0 Å². The van der Waals surface area contributed by atoms with Gasteiger partial charge in [0.05, 0.1) is 0 Å². The summed E-state index contributed by atoms with van der Waals surface area (Å²) in [5.41, 5.74) is 0.827. The Morgan fingerprint density at radius 3 is 2.89 bits per heavy atom. The number of imidazole rings is 2. The average Bonchev–Trinajstić information content (AvgIpc) is 2.96. The van der Waals surface area contributed by atoms with E-state index in [1.807, 2.05) is 27.6 Å². The molecule has 0 bridgehead atoms. The summed E-state index contributed by atoms with van der Waals surface area (Å²) in [6.45, 7) is 2.14. The molecule has 0 spiro atoms. The van der Waals surface area contributed by atoms with E-state index in [1.54, 1.807) is 12.4 Å². The first-order chi connectivity index (χ1) is 8.79. The van der Waals surface area contributed by atoms with Crippen molar-refractivity contribution in [3.05, 3.63) is 41.4 Å². The van der Waals surface area contributed by atoms with Gasteiger partial charge in [-0.15, -0.1) is 0 Å². The van der Waals surface area contributed by atoms with Crippen LogP contribution in [-0.2, 0) is 6.42 Å². The van der Waals surface area contributed by atoms with Crippen molar-refractivity contribution in [2.24, 2.45) is 0 Å². The molecule has 3 aromatic heterocycles. The normalized spacial score (nSPS) is 11.2. The lowest BCUT2D eigenvalue weighted by Gasteiger charge is -2.08. The van der Waals surface area contributed by atoms with Gasteiger partial charge in [0.2, 0.25) is 0 Å². The van der Waals surface area contributed by atoms with E-state index in [0.717, 1.165) is 34.7 Å². The van der Waals surface area contributed by atoms with Crippen LogP contribution in [0.25, 0.3) is 11.5 Å². The fourth-order valence-electron chi connectivity index (χ4n) is 1.98. The molecule has 0 aliphatic rings. The minimum absolute atomic E-state index is 0.777. The van der Waals surface area contributed by atoms with Gasteiger partial charge >= 0.3 is 0 Å². The molecule has 3 rings (SSSR count). The van der Waals surface area contributed by atoms with Gasteiger partial charge in [0, 0.05) is 37.4 Å². The van der Waals surface area contributed by atoms with Crippen molar-refractivity contribution in [3.8, 4) is 5.82 Å². The molecule has 0 aliphatic carbocycles. The summed E-state index contributed by atoms with van der Waals surface area (Å²) >= 11 is 3.42. The maximum atomic E-state index is 4.52. The lowest BCUT2D eigenvalue weighted by atomic mass is 10.3. The standard InChI is InChI=1S/C12H12BrN5/c1-2-3-10-14-5-7-18(10)12-11-15-4-6-17(11)8-9(13)16-12/h4-8H,2-3H2,1H3. The predicted molar refractivity (Wildman–Crippen MR) is 71.8 cm³/mol. The van der Waals surface area contributed by atoms with Crippen molar-refractivity contribution in [2.45, 2.75) is 19.8 Å². The van der Waals surface area contributed by atoms with Crippen LogP contribution in [0.5, 0.6) is 0 Å². The fourth-order valence-corrected chi connectivity index (χ4v) is 2.37. The zero-order valence-corrected chi connectivity index (χ0v) is 11.5. The summed E-state index contributed by atoms with van der Waals surface area (Å²) in [7, 11) is 0. The second-order valence-corrected chi connectivity index (χ2v) is 4.82. The topological polar surface area (TPSA) is 48.0 Å². The summed E-state index contributed by atoms with van der Waals surface area (Å²) in [5, 5.41) is 0. The molecule has 0 atom stereocenters. The van der Waals surface area contributed by atoms with Crippen LogP contribution in [0.1, 0.15) is 19.2 Å². The molecule has 3 heterocycles. The summed E-state index contributed by atoms with van der Waals surface area (Å²) in [4.78, 5) is 13.2. The molecule has 0 amide bonds. The SMILES string of the molecule is CCCc1nccn1-c1nc(Br)cn2ccnc12. The van der Waals surface area contributed by atoms with Crippen LogP contribution in [-0.4, -0.2) is 23.9 Å². The predicted octanol–water partition coefficient (Wildman–Crippen LogP) is 2.63. The highest BCUT2D eigenvalue weighted by Gasteiger charge is 2.11. The van der Waals surface area contributed by atoms with Crippen molar-refractivity contribution >= 4 is 21.6 Å². The fraction of sp³-hybridized carbons (Fsp3) is 0.250. The average molecular weight is 306 g/mol. The lowest BCUT2D eigenvalue weighted by Crippen LogP contribution is -2.05. The van der Waals surface area contributed by atoms with E-state index in [4.69, 9.17) is 0 Å². The second kappa shape index (κ2) is 4.53. The van der Waals surface area contributed by atoms with Crippen LogP contribution in [0, 0.1) is 0 Å². The van der Waals surface area contributed by atoms with Crippen LogP contribution in [0.2, 0.25) is 0 Å². The third-order valence-electron chi connectivity index (χ3n) is 2.75. The van der Waals surface area contributed by atoms with Crippen molar-refractivity contribution < 1.29 is 0 Å². The summed E-state index contributed by atoms with van der Waals surface area (Å²) in [6, 6.07) is 0. The van der Waals surface area contributed by atoms with Crippen molar-refractivity contribution in [2.75, 3.05) is 0 Å². The third-order valence-corrected chi connectivity index (χ3v) is 3.13. The molecular weight excluding hydrogens is 294 g/mol. The van der Waals surface area contributed by atoms with Crippen molar-refractivity contribution in [1.29, 1.82) is 0 Å². The third kappa shape index (κ3) is 1.82. The van der Waals surface area contributed by atoms with Gasteiger partial charge in [0.25, 0.3) is 0 Å². The largest absolute Gasteiger partial charge is 0.301 e. The van der Waals surface area contributed by atoms with E-state index in [0.29, 0.717) is 0 Å². The first kappa shape index (κ1) is 11.4. The number of aryl methyl sites for hydroxylation is 1. The van der Waals surface area contributed by atoms with Gasteiger partial charge in [-0.3, -0.25) is 4.57 Å². The maximum absolute atomic E-state index is 4.52. The van der Waals surface area contributed by atoms with Crippen molar-refractivity contribution in [1.82, 2.24) is 23.9 Å². The minimum Gasteiger partial charge on any atom is -0.301 e. The molecule has 0 aromatic carbocycles. The number of hydrogen-bond acceptors (Lipinski definition) is 3. The Morgan fingerprint density at radius 1 is 1.22 bits per heavy atom. The van der Waals surface area contributed by atoms with Gasteiger partial charge in [-0.1, -0.05) is 6.92 Å². The Morgan fingerprint density at radius 2 is 2.06 bits per heavy atom. The highest BCUT2D eigenvalue weighted by molar-refractivity contribution is 9.10. The van der Waals surface area contributed by atoms with Gasteiger partial charge in [0.15, 0.2) is 11.5 Å². The van der Waals surface area contributed by atoms with Crippen LogP contribution in [0.3, 0.4) is 0 Å². The maximum Gasteiger partial charge on any atom is 0.183 e. The Bertz CT molecular complexity index is 685. The summed E-state index contributed by atoms with van der Waals surface area (Å²) < 4.78 is 4.72. The molecule has 0 unspecified atom stereocenters. The van der Waals surface area contributed by atoms with Gasteiger partial charge in [0.1, 0.15) is 10.4 Å². The number of halogens is 1. The van der Waals surface area contributed by atoms with Crippen LogP contribution in [0.15, 0.2) is 35.6 Å². The number of nitrogens with zero attached hydrogens (tertiary/aromatic N) is 5. The molecule has 18 heavy (non-hydrogen) atoms. The number of hydrogen-bond donors (Lipinski definition) is 0. The summed E-state index contributed by atoms with van der Waals surface area (Å²) in [6.07, 6.45) is 11.3. The minimum atomic E-state index is 0.777. The van der Waals surface area contributed by atoms with Crippen LogP contribution < -0.4 is 0 Å². The molecular formula is C12H12BrN5. The molecule has 0 aliphatic heterocycles. The van der Waals surface area contributed by atoms with Gasteiger partial charge in [-0.25, -0.2) is 15.0 Å². The molecule has 92 valence electrons. The first-order valence-corrected chi connectivity index (χ1v) is 6.60. The number of rotatable bonds is 3. The lowest BCUT2D eigenvalue weighted by molar-refractivity contribution is 0.795. The summed E-state index contributed by atoms with van der Waals surface area (Å²) in [5.74, 6) is 1.81. The molecule has 3 aromatic rings. The molecule has 5 nitrogen and oxygen atoms in total. The van der Waals surface area contributed by atoms with E-state index in [1.165, 1.54) is 0 Å². The first-order valence-electron chi connectivity index (χ1n) is 5.81. The zero-order chi connectivity index (χ0) is 12.5. The van der Waals surface area contributed by atoms with Gasteiger partial charge in [-0.2, -0.15) is 0 Å². The highest BCUT2D eigenvalue weighted by Crippen LogP contribution is 2.18. The molecule has 0 saturated heterocycles. The van der Waals surface area contributed by atoms with E-state index >= 15 is 0 Å². The van der Waals surface area contributed by atoms with Gasteiger partial charge in [-0.05, 0) is 22.4 Å². The van der Waals surface area contributed by atoms with Crippen LogP contribution in [0.4, 0.5) is 0 Å². The Balaban J connectivity index is 2.24. The second-order valence-electron chi connectivity index (χ2n) is 4.01. The van der Waals surface area contributed by atoms with E-state index < -0.39 is 0 Å². The van der Waals surface area contributed by atoms with E-state index in [2.05, 4.69) is 37.8 Å². The number of aromatic nitrogens is 5. The molecule has 0 saturated carbocycles. The van der Waals surface area contributed by atoms with Crippen molar-refractivity contribution in [3.63, 3.8) is 0 Å². The molecule has 0 radical (unpaired) electrons. The smallest absolute Gasteiger partial charge is 0.183 e. The molecule has 0 fully saturated rings. The van der Waals surface area contributed by atoms with E-state index in [-0.39, 0.29) is 0 Å². The molecule has 0 N–H and O–H groups in total.